The van der Waals surface area contributed by atoms with Crippen LogP contribution in [0.5, 0.6) is 11.6 Å². The van der Waals surface area contributed by atoms with Gasteiger partial charge < -0.3 is 19.7 Å². The van der Waals surface area contributed by atoms with Gasteiger partial charge in [0.2, 0.25) is 5.88 Å². The maximum Gasteiger partial charge on any atom is 0.317 e. The highest BCUT2D eigenvalue weighted by Crippen LogP contribution is 2.24. The van der Waals surface area contributed by atoms with Gasteiger partial charge in [0.1, 0.15) is 24.3 Å². The summed E-state index contributed by atoms with van der Waals surface area (Å²) < 4.78 is 24.4. The zero-order valence-corrected chi connectivity index (χ0v) is 16.1. The summed E-state index contributed by atoms with van der Waals surface area (Å²) in [6.45, 7) is 1.07. The Labute approximate surface area is 164 Å². The van der Waals surface area contributed by atoms with Crippen LogP contribution in [0.15, 0.2) is 42.6 Å². The first-order valence-electron chi connectivity index (χ1n) is 9.59. The number of carbonyl (C=O) groups is 1. The van der Waals surface area contributed by atoms with Crippen molar-refractivity contribution in [1.29, 1.82) is 0 Å². The smallest absolute Gasteiger partial charge is 0.317 e. The molecule has 0 atom stereocenters. The Hall–Kier alpha value is -2.83. The standard InChI is InChI=1S/C21H26FN3O3/c1-25(13-14-27-18-10-8-17(22)9-11-18)21(26)24-15-16-5-4-12-23-20(16)28-19-6-2-3-7-19/h4-5,8-12,19H,2-3,6-7,13-15H2,1H3,(H,24,26). The van der Waals surface area contributed by atoms with E-state index in [1.54, 1.807) is 25.4 Å². The van der Waals surface area contributed by atoms with Gasteiger partial charge in [0, 0.05) is 25.4 Å². The number of urea groups is 1. The fourth-order valence-corrected chi connectivity index (χ4v) is 3.07. The van der Waals surface area contributed by atoms with E-state index in [1.807, 2.05) is 12.1 Å². The SMILES string of the molecule is CN(CCOc1ccc(F)cc1)C(=O)NCc1cccnc1OC1CCCC1. The second kappa shape index (κ2) is 9.92. The molecule has 0 bridgehead atoms. The number of amides is 2. The number of likely N-dealkylation sites (N-methyl/N-ethyl adjacent to an activating group) is 1. The van der Waals surface area contributed by atoms with Crippen LogP contribution in [-0.4, -0.2) is 42.2 Å². The molecule has 1 fully saturated rings. The Morgan fingerprint density at radius 3 is 2.75 bits per heavy atom. The fraction of sp³-hybridized carbons (Fsp3) is 0.429. The van der Waals surface area contributed by atoms with Crippen molar-refractivity contribution in [1.82, 2.24) is 15.2 Å². The Morgan fingerprint density at radius 2 is 2.00 bits per heavy atom. The molecule has 1 saturated carbocycles. The molecule has 0 spiro atoms. The number of nitrogens with one attached hydrogen (secondary N) is 1. The molecule has 150 valence electrons. The van der Waals surface area contributed by atoms with Crippen molar-refractivity contribution in [3.05, 3.63) is 54.0 Å². The maximum absolute atomic E-state index is 12.9. The minimum absolute atomic E-state index is 0.210. The van der Waals surface area contributed by atoms with E-state index in [2.05, 4.69) is 10.3 Å². The lowest BCUT2D eigenvalue weighted by Gasteiger charge is -2.19. The molecule has 1 aromatic heterocycles. The normalized spacial score (nSPS) is 13.9. The van der Waals surface area contributed by atoms with Gasteiger partial charge in [0.15, 0.2) is 0 Å². The average Bonchev–Trinajstić information content (AvgIpc) is 3.21. The number of pyridine rings is 1. The summed E-state index contributed by atoms with van der Waals surface area (Å²) in [7, 11) is 1.70. The van der Waals surface area contributed by atoms with E-state index in [0.717, 1.165) is 18.4 Å². The predicted octanol–water partition coefficient (Wildman–Crippen LogP) is 3.76. The molecule has 0 unspecified atom stereocenters. The highest BCUT2D eigenvalue weighted by atomic mass is 19.1. The first-order chi connectivity index (χ1) is 13.6. The molecule has 3 rings (SSSR count). The molecule has 2 amide bonds. The summed E-state index contributed by atoms with van der Waals surface area (Å²) in [5.74, 6) is 0.854. The number of nitrogens with zero attached hydrogens (tertiary/aromatic N) is 2. The highest BCUT2D eigenvalue weighted by molar-refractivity contribution is 5.73. The van der Waals surface area contributed by atoms with Gasteiger partial charge in [-0.05, 0) is 56.0 Å². The van der Waals surface area contributed by atoms with Crippen LogP contribution in [-0.2, 0) is 6.54 Å². The van der Waals surface area contributed by atoms with E-state index in [-0.39, 0.29) is 18.0 Å². The van der Waals surface area contributed by atoms with E-state index in [4.69, 9.17) is 9.47 Å². The molecule has 2 aromatic rings. The van der Waals surface area contributed by atoms with E-state index in [9.17, 15) is 9.18 Å². The zero-order chi connectivity index (χ0) is 19.8. The topological polar surface area (TPSA) is 63.7 Å². The number of benzene rings is 1. The van der Waals surface area contributed by atoms with Crippen molar-refractivity contribution in [2.24, 2.45) is 0 Å². The monoisotopic (exact) mass is 387 g/mol. The van der Waals surface area contributed by atoms with Gasteiger partial charge in [-0.3, -0.25) is 0 Å². The molecule has 1 aliphatic rings. The van der Waals surface area contributed by atoms with E-state index in [1.165, 1.54) is 29.9 Å². The lowest BCUT2D eigenvalue weighted by Crippen LogP contribution is -2.39. The minimum atomic E-state index is -0.310. The lowest BCUT2D eigenvalue weighted by molar-refractivity contribution is 0.192. The molecule has 1 N–H and O–H groups in total. The maximum atomic E-state index is 12.9. The second-order valence-electron chi connectivity index (χ2n) is 6.87. The Bertz CT molecular complexity index is 764. The molecular formula is C21H26FN3O3. The molecule has 1 heterocycles. The molecule has 0 radical (unpaired) electrons. The van der Waals surface area contributed by atoms with Gasteiger partial charge in [0.25, 0.3) is 0 Å². The molecule has 0 saturated heterocycles. The molecule has 7 heteroatoms. The molecule has 0 aliphatic heterocycles. The third kappa shape index (κ3) is 5.84. The third-order valence-electron chi connectivity index (χ3n) is 4.72. The molecule has 1 aliphatic carbocycles. The van der Waals surface area contributed by atoms with Crippen molar-refractivity contribution < 1.29 is 18.7 Å². The van der Waals surface area contributed by atoms with Crippen molar-refractivity contribution >= 4 is 6.03 Å². The fourth-order valence-electron chi connectivity index (χ4n) is 3.07. The Kier molecular flexibility index (Phi) is 7.06. The van der Waals surface area contributed by atoms with Crippen LogP contribution in [0.1, 0.15) is 31.2 Å². The summed E-state index contributed by atoms with van der Waals surface area (Å²) in [6, 6.07) is 9.33. The second-order valence-corrected chi connectivity index (χ2v) is 6.87. The highest BCUT2D eigenvalue weighted by Gasteiger charge is 2.19. The first-order valence-corrected chi connectivity index (χ1v) is 9.59. The lowest BCUT2D eigenvalue weighted by atomic mass is 10.2. The van der Waals surface area contributed by atoms with Gasteiger partial charge in [-0.15, -0.1) is 0 Å². The first kappa shape index (κ1) is 19.9. The van der Waals surface area contributed by atoms with Crippen LogP contribution in [0.3, 0.4) is 0 Å². The summed E-state index contributed by atoms with van der Waals surface area (Å²) in [4.78, 5) is 18.2. The van der Waals surface area contributed by atoms with Crippen molar-refractivity contribution in [3.8, 4) is 11.6 Å². The van der Waals surface area contributed by atoms with Gasteiger partial charge in [-0.1, -0.05) is 6.07 Å². The number of rotatable bonds is 8. The number of carbonyl (C=O) groups excluding carboxylic acids is 1. The van der Waals surface area contributed by atoms with E-state index < -0.39 is 0 Å². The summed E-state index contributed by atoms with van der Waals surface area (Å²) in [6.07, 6.45) is 6.41. The number of ether oxygens (including phenoxy) is 2. The predicted molar refractivity (Wildman–Crippen MR) is 104 cm³/mol. The number of aromatic nitrogens is 1. The van der Waals surface area contributed by atoms with Crippen molar-refractivity contribution in [2.75, 3.05) is 20.2 Å². The molecule has 1 aromatic carbocycles. The summed E-state index contributed by atoms with van der Waals surface area (Å²) in [5, 5.41) is 2.88. The van der Waals surface area contributed by atoms with Crippen LogP contribution in [0.4, 0.5) is 9.18 Å². The van der Waals surface area contributed by atoms with Gasteiger partial charge in [-0.25, -0.2) is 14.2 Å². The van der Waals surface area contributed by atoms with Gasteiger partial charge in [0.05, 0.1) is 6.54 Å². The molecule has 6 nitrogen and oxygen atoms in total. The van der Waals surface area contributed by atoms with Crippen molar-refractivity contribution in [3.63, 3.8) is 0 Å². The van der Waals surface area contributed by atoms with E-state index >= 15 is 0 Å². The quantitative estimate of drug-likeness (QED) is 0.749. The van der Waals surface area contributed by atoms with Gasteiger partial charge >= 0.3 is 6.03 Å². The van der Waals surface area contributed by atoms with E-state index in [0.29, 0.717) is 31.3 Å². The zero-order valence-electron chi connectivity index (χ0n) is 16.1. The van der Waals surface area contributed by atoms with Crippen LogP contribution in [0.25, 0.3) is 0 Å². The van der Waals surface area contributed by atoms with Crippen molar-refractivity contribution in [2.45, 2.75) is 38.3 Å². The van der Waals surface area contributed by atoms with Crippen LogP contribution in [0.2, 0.25) is 0 Å². The van der Waals surface area contributed by atoms with Crippen LogP contribution >= 0.6 is 0 Å². The largest absolute Gasteiger partial charge is 0.492 e. The average molecular weight is 387 g/mol. The Balaban J connectivity index is 1.43. The van der Waals surface area contributed by atoms with Crippen LogP contribution in [0, 0.1) is 5.82 Å². The number of hydrogen-bond acceptors (Lipinski definition) is 4. The summed E-state index contributed by atoms with van der Waals surface area (Å²) in [5.41, 5.74) is 0.860. The molecule has 28 heavy (non-hydrogen) atoms. The number of halogens is 1. The van der Waals surface area contributed by atoms with Crippen LogP contribution < -0.4 is 14.8 Å². The van der Waals surface area contributed by atoms with Gasteiger partial charge in [-0.2, -0.15) is 0 Å². The minimum Gasteiger partial charge on any atom is -0.492 e. The Morgan fingerprint density at radius 1 is 1.25 bits per heavy atom. The molecular weight excluding hydrogens is 361 g/mol. The summed E-state index contributed by atoms with van der Waals surface area (Å²) >= 11 is 0. The number of hydrogen-bond donors (Lipinski definition) is 1. The third-order valence-corrected chi connectivity index (χ3v) is 4.72.